The quantitative estimate of drug-likeness (QED) is 0.473. The molecule has 7 nitrogen and oxygen atoms in total. The minimum atomic E-state index is -0.900. The second kappa shape index (κ2) is 10.6. The Labute approximate surface area is 205 Å². The first-order valence-corrected chi connectivity index (χ1v) is 11.7. The van der Waals surface area contributed by atoms with Crippen LogP contribution in [-0.2, 0) is 11.8 Å². The van der Waals surface area contributed by atoms with Crippen LogP contribution < -0.4 is 10.6 Å². The Morgan fingerprint density at radius 2 is 1.94 bits per heavy atom. The number of likely N-dealkylation sites (tertiary alicyclic amines) is 1. The van der Waals surface area contributed by atoms with Gasteiger partial charge in [-0.3, -0.25) is 14.9 Å². The van der Waals surface area contributed by atoms with Crippen molar-refractivity contribution >= 4 is 27.8 Å². The molecule has 2 heterocycles. The first kappa shape index (κ1) is 24.3. The molecule has 2 N–H and O–H groups in total. The van der Waals surface area contributed by atoms with Crippen LogP contribution in [0.25, 0.3) is 11.3 Å². The molecule has 1 saturated heterocycles. The highest BCUT2D eigenvalue weighted by atomic mass is 79.9. The summed E-state index contributed by atoms with van der Waals surface area (Å²) in [6.45, 7) is 2.35. The van der Waals surface area contributed by atoms with E-state index in [0.717, 1.165) is 11.6 Å². The summed E-state index contributed by atoms with van der Waals surface area (Å²) in [6, 6.07) is 12.8. The van der Waals surface area contributed by atoms with Crippen LogP contribution in [-0.4, -0.2) is 60.1 Å². The third kappa shape index (κ3) is 5.29. The molecular weight excluding hydrogens is 508 g/mol. The Bertz CT molecular complexity index is 1160. The van der Waals surface area contributed by atoms with Crippen molar-refractivity contribution in [2.24, 2.45) is 7.05 Å². The van der Waals surface area contributed by atoms with Crippen molar-refractivity contribution < 1.29 is 18.3 Å². The Morgan fingerprint density at radius 1 is 1.18 bits per heavy atom. The van der Waals surface area contributed by atoms with Crippen molar-refractivity contribution in [3.05, 3.63) is 70.2 Å². The number of aryl methyl sites for hydroxylation is 1. The van der Waals surface area contributed by atoms with Crippen molar-refractivity contribution in [2.75, 3.05) is 38.7 Å². The molecule has 0 bridgehead atoms. The summed E-state index contributed by atoms with van der Waals surface area (Å²) < 4.78 is 34.8. The molecule has 0 radical (unpaired) electrons. The van der Waals surface area contributed by atoms with Crippen LogP contribution in [0, 0.1) is 11.6 Å². The molecule has 2 atom stereocenters. The van der Waals surface area contributed by atoms with E-state index in [1.807, 2.05) is 30.3 Å². The number of nitrogens with one attached hydrogen (secondary N) is 2. The number of rotatable bonds is 7. The van der Waals surface area contributed by atoms with Crippen LogP contribution >= 0.6 is 15.9 Å². The highest BCUT2D eigenvalue weighted by molar-refractivity contribution is 9.10. The second-order valence-electron chi connectivity index (χ2n) is 8.24. The van der Waals surface area contributed by atoms with Crippen LogP contribution in [0.3, 0.4) is 0 Å². The Hall–Kier alpha value is -2.82. The highest BCUT2D eigenvalue weighted by Gasteiger charge is 2.35. The molecule has 0 aliphatic carbocycles. The van der Waals surface area contributed by atoms with Gasteiger partial charge in [-0.1, -0.05) is 36.4 Å². The van der Waals surface area contributed by atoms with Gasteiger partial charge in [-0.05, 0) is 33.6 Å². The van der Waals surface area contributed by atoms with Crippen LogP contribution in [0.1, 0.15) is 11.5 Å². The van der Waals surface area contributed by atoms with Crippen molar-refractivity contribution in [1.82, 2.24) is 20.0 Å². The third-order valence-electron chi connectivity index (χ3n) is 5.96. The summed E-state index contributed by atoms with van der Waals surface area (Å²) in [6.07, 6.45) is 0. The van der Waals surface area contributed by atoms with Gasteiger partial charge in [-0.2, -0.15) is 5.10 Å². The number of anilines is 1. The van der Waals surface area contributed by atoms with Crippen LogP contribution in [0.2, 0.25) is 0 Å². The van der Waals surface area contributed by atoms with Gasteiger partial charge in [-0.15, -0.1) is 0 Å². The van der Waals surface area contributed by atoms with E-state index >= 15 is 0 Å². The van der Waals surface area contributed by atoms with Crippen LogP contribution in [0.5, 0.6) is 0 Å². The number of methoxy groups -OCH3 is 1. The molecule has 180 valence electrons. The summed E-state index contributed by atoms with van der Waals surface area (Å²) in [5, 5.41) is 10.4. The number of benzene rings is 2. The number of carbonyl (C=O) groups excluding carboxylic acids is 1. The maximum Gasteiger partial charge on any atom is 0.320 e. The fourth-order valence-corrected chi connectivity index (χ4v) is 4.91. The van der Waals surface area contributed by atoms with Crippen molar-refractivity contribution in [3.63, 3.8) is 0 Å². The smallest absolute Gasteiger partial charge is 0.320 e. The predicted molar refractivity (Wildman–Crippen MR) is 130 cm³/mol. The Balaban J connectivity index is 1.51. The standard InChI is InChI=1S/C24H26BrF2N5O2/c1-31-23(21(25)22(30-31)15-6-4-3-5-7-15)29-24(33)28-20-14-32(10-11-34-2)13-17(20)16-8-9-18(26)19(27)12-16/h3-9,12,17,20H,10-11,13-14H2,1-2H3,(H2,28,29,33)/t17-,20+/m0/s1. The largest absolute Gasteiger partial charge is 0.383 e. The summed E-state index contributed by atoms with van der Waals surface area (Å²) >= 11 is 3.56. The van der Waals surface area contributed by atoms with Gasteiger partial charge in [0.2, 0.25) is 0 Å². The molecule has 1 fully saturated rings. The average Bonchev–Trinajstić information content (AvgIpc) is 3.35. The van der Waals surface area contributed by atoms with Crippen molar-refractivity contribution in [1.29, 1.82) is 0 Å². The lowest BCUT2D eigenvalue weighted by Gasteiger charge is -2.21. The van der Waals surface area contributed by atoms with E-state index in [4.69, 9.17) is 4.74 Å². The van der Waals surface area contributed by atoms with E-state index < -0.39 is 17.7 Å². The minimum Gasteiger partial charge on any atom is -0.383 e. The average molecular weight is 534 g/mol. The SMILES string of the molecule is COCCN1C[C@@H](NC(=O)Nc2c(Br)c(-c3ccccc3)nn2C)[C@H](c2ccc(F)c(F)c2)C1. The second-order valence-corrected chi connectivity index (χ2v) is 9.03. The first-order valence-electron chi connectivity index (χ1n) is 10.9. The summed E-state index contributed by atoms with van der Waals surface area (Å²) in [5.41, 5.74) is 2.27. The van der Waals surface area contributed by atoms with Crippen molar-refractivity contribution in [3.8, 4) is 11.3 Å². The van der Waals surface area contributed by atoms with Gasteiger partial charge < -0.3 is 10.1 Å². The lowest BCUT2D eigenvalue weighted by atomic mass is 9.94. The lowest BCUT2D eigenvalue weighted by Crippen LogP contribution is -2.42. The fraction of sp³-hybridized carbons (Fsp3) is 0.333. The van der Waals surface area contributed by atoms with Gasteiger partial charge in [0, 0.05) is 45.3 Å². The number of aromatic nitrogens is 2. The van der Waals surface area contributed by atoms with Crippen LogP contribution in [0.4, 0.5) is 19.4 Å². The maximum atomic E-state index is 13.9. The Morgan fingerprint density at radius 3 is 2.65 bits per heavy atom. The molecule has 34 heavy (non-hydrogen) atoms. The number of halogens is 3. The van der Waals surface area contributed by atoms with Gasteiger partial charge in [0.05, 0.1) is 17.1 Å². The number of amides is 2. The summed E-state index contributed by atoms with van der Waals surface area (Å²) in [7, 11) is 3.38. The highest BCUT2D eigenvalue weighted by Crippen LogP contribution is 2.33. The molecule has 1 aliphatic rings. The monoisotopic (exact) mass is 533 g/mol. The fourth-order valence-electron chi connectivity index (χ4n) is 4.24. The molecule has 2 aromatic carbocycles. The zero-order valence-corrected chi connectivity index (χ0v) is 20.5. The molecular formula is C24H26BrF2N5O2. The molecule has 0 unspecified atom stereocenters. The molecule has 10 heteroatoms. The van der Waals surface area contributed by atoms with Gasteiger partial charge in [-0.25, -0.2) is 13.6 Å². The number of hydrogen-bond donors (Lipinski definition) is 2. The van der Waals surface area contributed by atoms with Crippen LogP contribution in [0.15, 0.2) is 53.0 Å². The zero-order chi connectivity index (χ0) is 24.2. The van der Waals surface area contributed by atoms with E-state index in [0.29, 0.717) is 47.8 Å². The number of ether oxygens (including phenoxy) is 1. The zero-order valence-electron chi connectivity index (χ0n) is 18.9. The van der Waals surface area contributed by atoms with E-state index in [9.17, 15) is 13.6 Å². The number of urea groups is 1. The molecule has 4 rings (SSSR count). The molecule has 1 aromatic heterocycles. The van der Waals surface area contributed by atoms with Gasteiger partial charge in [0.1, 0.15) is 11.5 Å². The maximum absolute atomic E-state index is 13.9. The van der Waals surface area contributed by atoms with Gasteiger partial charge in [0.25, 0.3) is 0 Å². The number of carbonyl (C=O) groups is 1. The van der Waals surface area contributed by atoms with E-state index in [1.54, 1.807) is 24.9 Å². The first-order chi connectivity index (χ1) is 16.4. The molecule has 1 aliphatic heterocycles. The topological polar surface area (TPSA) is 71.4 Å². The predicted octanol–water partition coefficient (Wildman–Crippen LogP) is 4.36. The molecule has 0 spiro atoms. The lowest BCUT2D eigenvalue weighted by molar-refractivity contribution is 0.159. The summed E-state index contributed by atoms with van der Waals surface area (Å²) in [4.78, 5) is 15.1. The van der Waals surface area contributed by atoms with Crippen molar-refractivity contribution in [2.45, 2.75) is 12.0 Å². The molecule has 0 saturated carbocycles. The van der Waals surface area contributed by atoms with E-state index in [-0.39, 0.29) is 12.0 Å². The van der Waals surface area contributed by atoms with Gasteiger partial charge >= 0.3 is 6.03 Å². The Kier molecular flexibility index (Phi) is 7.60. The minimum absolute atomic E-state index is 0.201. The van der Waals surface area contributed by atoms with E-state index in [2.05, 4.69) is 36.6 Å². The summed E-state index contributed by atoms with van der Waals surface area (Å²) in [5.74, 6) is -1.48. The third-order valence-corrected chi connectivity index (χ3v) is 6.72. The number of nitrogens with zero attached hydrogens (tertiary/aromatic N) is 3. The normalized spacial score (nSPS) is 18.3. The molecule has 3 aromatic rings. The van der Waals surface area contributed by atoms with Gasteiger partial charge in [0.15, 0.2) is 11.6 Å². The molecule has 2 amide bonds. The van der Waals surface area contributed by atoms with E-state index in [1.165, 1.54) is 6.07 Å². The number of hydrogen-bond acceptors (Lipinski definition) is 4.